The summed E-state index contributed by atoms with van der Waals surface area (Å²) in [5.41, 5.74) is 0.573. The molecule has 0 bridgehead atoms. The summed E-state index contributed by atoms with van der Waals surface area (Å²) in [4.78, 5) is 29.0. The molecule has 1 saturated carbocycles. The first-order valence-electron chi connectivity index (χ1n) is 8.70. The molecule has 1 heterocycles. The van der Waals surface area contributed by atoms with Crippen molar-refractivity contribution in [2.24, 2.45) is 5.92 Å². The first-order valence-corrected chi connectivity index (χ1v) is 9.52. The van der Waals surface area contributed by atoms with Gasteiger partial charge in [-0.3, -0.25) is 4.79 Å². The van der Waals surface area contributed by atoms with Crippen LogP contribution < -0.4 is 5.32 Å². The summed E-state index contributed by atoms with van der Waals surface area (Å²) < 4.78 is 6.52. The highest BCUT2D eigenvalue weighted by Crippen LogP contribution is 2.31. The normalized spacial score (nSPS) is 21.1. The molecule has 1 fully saturated rings. The predicted octanol–water partition coefficient (Wildman–Crippen LogP) is 4.56. The molecular formula is C19H24N2O3S. The van der Waals surface area contributed by atoms with Gasteiger partial charge in [0.05, 0.1) is 10.2 Å². The number of hydrogen-bond acceptors (Lipinski definition) is 5. The fraction of sp³-hybridized carbons (Fsp3) is 0.526. The maximum Gasteiger partial charge on any atom is 0.407 e. The van der Waals surface area contributed by atoms with Crippen LogP contribution in [0.1, 0.15) is 56.3 Å². The van der Waals surface area contributed by atoms with E-state index in [1.165, 1.54) is 11.3 Å². The monoisotopic (exact) mass is 360 g/mol. The van der Waals surface area contributed by atoms with Crippen LogP contribution in [-0.2, 0) is 4.74 Å². The van der Waals surface area contributed by atoms with Crippen LogP contribution in [0.15, 0.2) is 24.3 Å². The number of rotatable bonds is 3. The van der Waals surface area contributed by atoms with Gasteiger partial charge in [0.2, 0.25) is 0 Å². The Labute approximate surface area is 151 Å². The highest BCUT2D eigenvalue weighted by molar-refractivity contribution is 7.20. The summed E-state index contributed by atoms with van der Waals surface area (Å²) in [7, 11) is 0. The quantitative estimate of drug-likeness (QED) is 0.815. The number of carbonyl (C=O) groups is 2. The van der Waals surface area contributed by atoms with Gasteiger partial charge in [0, 0.05) is 11.5 Å². The molecular weight excluding hydrogens is 336 g/mol. The second-order valence-electron chi connectivity index (χ2n) is 7.60. The van der Waals surface area contributed by atoms with Crippen molar-refractivity contribution in [3.63, 3.8) is 0 Å². The molecule has 0 spiro atoms. The summed E-state index contributed by atoms with van der Waals surface area (Å²) >= 11 is 1.46. The minimum atomic E-state index is -0.381. The van der Waals surface area contributed by atoms with Gasteiger partial charge in [0.1, 0.15) is 6.10 Å². The number of benzene rings is 1. The molecule has 0 saturated heterocycles. The van der Waals surface area contributed by atoms with Crippen LogP contribution in [0.2, 0.25) is 0 Å². The SMILES string of the molecule is CC(C)(C)NC(=O)OC1CCC(C(=O)c2nc3ccccc3s2)CC1. The van der Waals surface area contributed by atoms with Crippen molar-refractivity contribution in [3.8, 4) is 0 Å². The Kier molecular flexibility index (Phi) is 5.08. The van der Waals surface area contributed by atoms with Gasteiger partial charge < -0.3 is 10.1 Å². The Balaban J connectivity index is 1.55. The van der Waals surface area contributed by atoms with Crippen LogP contribution in [0.25, 0.3) is 10.2 Å². The lowest BCUT2D eigenvalue weighted by atomic mass is 9.85. The molecule has 1 aromatic heterocycles. The van der Waals surface area contributed by atoms with Gasteiger partial charge in [-0.15, -0.1) is 11.3 Å². The number of carbonyl (C=O) groups excluding carboxylic acids is 2. The average Bonchev–Trinajstić information content (AvgIpc) is 2.97. The number of aromatic nitrogens is 1. The molecule has 5 nitrogen and oxygen atoms in total. The third kappa shape index (κ3) is 4.57. The molecule has 1 N–H and O–H groups in total. The van der Waals surface area contributed by atoms with Crippen LogP contribution in [0.4, 0.5) is 4.79 Å². The molecule has 1 aromatic carbocycles. The summed E-state index contributed by atoms with van der Waals surface area (Å²) in [6.45, 7) is 5.76. The number of amides is 1. The largest absolute Gasteiger partial charge is 0.446 e. The maximum atomic E-state index is 12.7. The van der Waals surface area contributed by atoms with Crippen molar-refractivity contribution in [2.75, 3.05) is 0 Å². The summed E-state index contributed by atoms with van der Waals surface area (Å²) in [6, 6.07) is 7.81. The Morgan fingerprint density at radius 3 is 2.48 bits per heavy atom. The van der Waals surface area contributed by atoms with Gasteiger partial charge >= 0.3 is 6.09 Å². The van der Waals surface area contributed by atoms with E-state index in [1.54, 1.807) is 0 Å². The summed E-state index contributed by atoms with van der Waals surface area (Å²) in [6.07, 6.45) is 2.43. The third-order valence-electron chi connectivity index (χ3n) is 4.30. The molecule has 134 valence electrons. The zero-order chi connectivity index (χ0) is 18.0. The predicted molar refractivity (Wildman–Crippen MR) is 99.1 cm³/mol. The number of ketones is 1. The van der Waals surface area contributed by atoms with Crippen molar-refractivity contribution in [1.82, 2.24) is 10.3 Å². The molecule has 1 amide bonds. The Bertz CT molecular complexity index is 737. The topological polar surface area (TPSA) is 68.3 Å². The smallest absolute Gasteiger partial charge is 0.407 e. The second-order valence-corrected chi connectivity index (χ2v) is 8.64. The molecule has 0 aliphatic heterocycles. The zero-order valence-electron chi connectivity index (χ0n) is 14.9. The average molecular weight is 360 g/mol. The lowest BCUT2D eigenvalue weighted by molar-refractivity contribution is 0.0557. The second kappa shape index (κ2) is 7.12. The van der Waals surface area contributed by atoms with Crippen LogP contribution in [0, 0.1) is 5.92 Å². The Morgan fingerprint density at radius 2 is 1.84 bits per heavy atom. The lowest BCUT2D eigenvalue weighted by Crippen LogP contribution is -2.42. The number of Topliss-reactive ketones (excluding diaryl/α,β-unsaturated/α-hetero) is 1. The molecule has 1 aliphatic rings. The van der Waals surface area contributed by atoms with Gasteiger partial charge in [0.25, 0.3) is 0 Å². The number of nitrogens with zero attached hydrogens (tertiary/aromatic N) is 1. The Morgan fingerprint density at radius 1 is 1.16 bits per heavy atom. The molecule has 0 radical (unpaired) electrons. The number of nitrogens with one attached hydrogen (secondary N) is 1. The van der Waals surface area contributed by atoms with Gasteiger partial charge in [-0.1, -0.05) is 12.1 Å². The number of thiazole rings is 1. The number of para-hydroxylation sites is 1. The van der Waals surface area contributed by atoms with E-state index in [-0.39, 0.29) is 29.4 Å². The minimum absolute atomic E-state index is 0.0221. The highest BCUT2D eigenvalue weighted by Gasteiger charge is 2.30. The first-order chi connectivity index (χ1) is 11.8. The van der Waals surface area contributed by atoms with Crippen LogP contribution in [-0.4, -0.2) is 28.5 Å². The van der Waals surface area contributed by atoms with E-state index in [0.717, 1.165) is 35.9 Å². The van der Waals surface area contributed by atoms with E-state index < -0.39 is 0 Å². The van der Waals surface area contributed by atoms with E-state index in [2.05, 4.69) is 10.3 Å². The van der Waals surface area contributed by atoms with E-state index in [9.17, 15) is 9.59 Å². The van der Waals surface area contributed by atoms with Crippen molar-refractivity contribution in [3.05, 3.63) is 29.3 Å². The molecule has 3 rings (SSSR count). The van der Waals surface area contributed by atoms with E-state index >= 15 is 0 Å². The standard InChI is InChI=1S/C19H24N2O3S/c1-19(2,3)21-18(23)24-13-10-8-12(9-11-13)16(22)17-20-14-6-4-5-7-15(14)25-17/h4-7,12-13H,8-11H2,1-3H3,(H,21,23). The van der Waals surface area contributed by atoms with Crippen LogP contribution >= 0.6 is 11.3 Å². The van der Waals surface area contributed by atoms with Crippen LogP contribution in [0.5, 0.6) is 0 Å². The zero-order valence-corrected chi connectivity index (χ0v) is 15.7. The molecule has 0 unspecified atom stereocenters. The number of hydrogen-bond donors (Lipinski definition) is 1. The maximum absolute atomic E-state index is 12.7. The van der Waals surface area contributed by atoms with Gasteiger partial charge in [0.15, 0.2) is 10.8 Å². The molecule has 0 atom stereocenters. The van der Waals surface area contributed by atoms with Crippen LogP contribution in [0.3, 0.4) is 0 Å². The molecule has 6 heteroatoms. The molecule has 25 heavy (non-hydrogen) atoms. The Hall–Kier alpha value is -1.95. The van der Waals surface area contributed by atoms with E-state index in [4.69, 9.17) is 4.74 Å². The number of alkyl carbamates (subject to hydrolysis) is 1. The minimum Gasteiger partial charge on any atom is -0.446 e. The van der Waals surface area contributed by atoms with Crippen molar-refractivity contribution in [1.29, 1.82) is 0 Å². The third-order valence-corrected chi connectivity index (χ3v) is 5.35. The van der Waals surface area contributed by atoms with Gasteiger partial charge in [-0.05, 0) is 58.6 Å². The summed E-state index contributed by atoms with van der Waals surface area (Å²) in [5, 5.41) is 3.40. The number of ether oxygens (including phenoxy) is 1. The molecule has 2 aromatic rings. The van der Waals surface area contributed by atoms with Gasteiger partial charge in [-0.2, -0.15) is 0 Å². The fourth-order valence-electron chi connectivity index (χ4n) is 3.08. The molecule has 1 aliphatic carbocycles. The van der Waals surface area contributed by atoms with Gasteiger partial charge in [-0.25, -0.2) is 9.78 Å². The van der Waals surface area contributed by atoms with Crippen molar-refractivity contribution < 1.29 is 14.3 Å². The summed E-state index contributed by atoms with van der Waals surface area (Å²) in [5.74, 6) is 0.102. The highest BCUT2D eigenvalue weighted by atomic mass is 32.1. The van der Waals surface area contributed by atoms with E-state index in [1.807, 2.05) is 45.0 Å². The number of fused-ring (bicyclic) bond motifs is 1. The van der Waals surface area contributed by atoms with E-state index in [0.29, 0.717) is 5.01 Å². The first kappa shape index (κ1) is 17.9. The fourth-order valence-corrected chi connectivity index (χ4v) is 4.07. The van der Waals surface area contributed by atoms with Crippen molar-refractivity contribution in [2.45, 2.75) is 58.1 Å². The van der Waals surface area contributed by atoms with Crippen molar-refractivity contribution >= 4 is 33.4 Å². The lowest BCUT2D eigenvalue weighted by Gasteiger charge is -2.28.